The van der Waals surface area contributed by atoms with Crippen molar-refractivity contribution in [3.63, 3.8) is 0 Å². The molecule has 0 saturated carbocycles. The summed E-state index contributed by atoms with van der Waals surface area (Å²) < 4.78 is 13.8. The number of nitrogens with one attached hydrogen (secondary N) is 1. The quantitative estimate of drug-likeness (QED) is 0.887. The van der Waals surface area contributed by atoms with Crippen LogP contribution < -0.4 is 5.32 Å². The Labute approximate surface area is 85.7 Å². The Hall–Kier alpha value is -0.640. The average molecular weight is 247 g/mol. The molecule has 0 aliphatic heterocycles. The van der Waals surface area contributed by atoms with E-state index in [-0.39, 0.29) is 5.82 Å². The lowest BCUT2D eigenvalue weighted by atomic mass is 10.2. The Morgan fingerprint density at radius 2 is 2.31 bits per heavy atom. The van der Waals surface area contributed by atoms with E-state index in [2.05, 4.69) is 40.1 Å². The number of rotatable bonds is 3. The molecule has 0 aromatic carbocycles. The van der Waals surface area contributed by atoms with E-state index in [4.69, 9.17) is 0 Å². The van der Waals surface area contributed by atoms with Crippen LogP contribution in [0, 0.1) is 11.7 Å². The Morgan fingerprint density at radius 3 is 2.85 bits per heavy atom. The van der Waals surface area contributed by atoms with Crippen LogP contribution in [0.2, 0.25) is 0 Å². The van der Waals surface area contributed by atoms with Crippen LogP contribution in [0.3, 0.4) is 0 Å². The molecule has 2 nitrogen and oxygen atoms in total. The van der Waals surface area contributed by atoms with Gasteiger partial charge < -0.3 is 5.32 Å². The minimum absolute atomic E-state index is 0.317. The molecule has 13 heavy (non-hydrogen) atoms. The fraction of sp³-hybridized carbons (Fsp3) is 0.444. The zero-order valence-corrected chi connectivity index (χ0v) is 9.23. The molecule has 1 heterocycles. The largest absolute Gasteiger partial charge is 0.367 e. The fourth-order valence-electron chi connectivity index (χ4n) is 0.845. The number of hydrogen-bond acceptors (Lipinski definition) is 2. The number of halogens is 2. The van der Waals surface area contributed by atoms with Crippen LogP contribution in [0.4, 0.5) is 10.2 Å². The van der Waals surface area contributed by atoms with Gasteiger partial charge in [-0.3, -0.25) is 0 Å². The van der Waals surface area contributed by atoms with Gasteiger partial charge in [-0.05, 0) is 27.9 Å². The first kappa shape index (κ1) is 10.4. The third-order valence-corrected chi connectivity index (χ3v) is 1.92. The van der Waals surface area contributed by atoms with Gasteiger partial charge in [-0.2, -0.15) is 0 Å². The van der Waals surface area contributed by atoms with Crippen LogP contribution in [-0.2, 0) is 0 Å². The first-order valence-electron chi connectivity index (χ1n) is 4.14. The van der Waals surface area contributed by atoms with Crippen molar-refractivity contribution in [3.05, 3.63) is 22.6 Å². The maximum Gasteiger partial charge on any atom is 0.166 e. The fourth-order valence-corrected chi connectivity index (χ4v) is 1.15. The number of pyridine rings is 1. The first-order valence-corrected chi connectivity index (χ1v) is 4.94. The van der Waals surface area contributed by atoms with Gasteiger partial charge >= 0.3 is 0 Å². The van der Waals surface area contributed by atoms with Gasteiger partial charge in [0, 0.05) is 17.2 Å². The highest BCUT2D eigenvalue weighted by molar-refractivity contribution is 9.10. The van der Waals surface area contributed by atoms with Gasteiger partial charge in [0.1, 0.15) is 0 Å². The summed E-state index contributed by atoms with van der Waals surface area (Å²) in [4.78, 5) is 3.92. The lowest BCUT2D eigenvalue weighted by Crippen LogP contribution is -2.10. The van der Waals surface area contributed by atoms with Gasteiger partial charge in [0.15, 0.2) is 11.6 Å². The molecule has 0 atom stereocenters. The molecule has 72 valence electrons. The molecule has 4 heteroatoms. The molecule has 0 unspecified atom stereocenters. The normalized spacial score (nSPS) is 10.5. The third kappa shape index (κ3) is 3.30. The second-order valence-corrected chi connectivity index (χ2v) is 4.17. The summed E-state index contributed by atoms with van der Waals surface area (Å²) in [5, 5.41) is 2.93. The van der Waals surface area contributed by atoms with E-state index in [1.165, 1.54) is 6.07 Å². The summed E-state index contributed by atoms with van der Waals surface area (Å²) in [7, 11) is 0. The number of aromatic nitrogens is 1. The first-order chi connectivity index (χ1) is 6.09. The molecule has 1 aromatic heterocycles. The standard InChI is InChI=1S/C9H12BrFN2/c1-6(2)4-12-9-8(11)3-7(10)5-13-9/h3,5-6H,4H2,1-2H3,(H,12,13). The summed E-state index contributed by atoms with van der Waals surface area (Å²) in [6.07, 6.45) is 1.58. The van der Waals surface area contributed by atoms with Crippen molar-refractivity contribution in [1.82, 2.24) is 4.98 Å². The molecule has 0 aliphatic carbocycles. The summed E-state index contributed by atoms with van der Waals surface area (Å²) in [6.45, 7) is 4.85. The highest BCUT2D eigenvalue weighted by Crippen LogP contribution is 2.16. The van der Waals surface area contributed by atoms with Gasteiger partial charge in [-0.1, -0.05) is 13.8 Å². The van der Waals surface area contributed by atoms with Crippen molar-refractivity contribution in [3.8, 4) is 0 Å². The molecule has 0 aliphatic rings. The third-order valence-electron chi connectivity index (χ3n) is 1.49. The second kappa shape index (κ2) is 4.56. The van der Waals surface area contributed by atoms with E-state index in [0.29, 0.717) is 16.2 Å². The van der Waals surface area contributed by atoms with Crippen molar-refractivity contribution >= 4 is 21.7 Å². The van der Waals surface area contributed by atoms with Crippen molar-refractivity contribution in [2.45, 2.75) is 13.8 Å². The van der Waals surface area contributed by atoms with Gasteiger partial charge in [0.05, 0.1) is 0 Å². The van der Waals surface area contributed by atoms with E-state index in [9.17, 15) is 4.39 Å². The van der Waals surface area contributed by atoms with Crippen molar-refractivity contribution in [2.75, 3.05) is 11.9 Å². The van der Waals surface area contributed by atoms with Gasteiger partial charge in [0.25, 0.3) is 0 Å². The Kier molecular flexibility index (Phi) is 3.66. The predicted octanol–water partition coefficient (Wildman–Crippen LogP) is 3.05. The molecule has 0 bridgehead atoms. The summed E-state index contributed by atoms with van der Waals surface area (Å²) in [6, 6.07) is 1.40. The maximum atomic E-state index is 13.1. The molecule has 0 saturated heterocycles. The number of anilines is 1. The lowest BCUT2D eigenvalue weighted by Gasteiger charge is -2.08. The Bertz CT molecular complexity index is 289. The van der Waals surface area contributed by atoms with Crippen molar-refractivity contribution < 1.29 is 4.39 Å². The van der Waals surface area contributed by atoms with Gasteiger partial charge in [0.2, 0.25) is 0 Å². The topological polar surface area (TPSA) is 24.9 Å². The van der Waals surface area contributed by atoms with E-state index < -0.39 is 0 Å². The van der Waals surface area contributed by atoms with E-state index in [0.717, 1.165) is 6.54 Å². The summed E-state index contributed by atoms with van der Waals surface area (Å²) in [5.41, 5.74) is 0. The Morgan fingerprint density at radius 1 is 1.62 bits per heavy atom. The molecular weight excluding hydrogens is 235 g/mol. The number of nitrogens with zero attached hydrogens (tertiary/aromatic N) is 1. The van der Waals surface area contributed by atoms with Crippen molar-refractivity contribution in [1.29, 1.82) is 0 Å². The molecule has 1 aromatic rings. The molecular formula is C9H12BrFN2. The van der Waals surface area contributed by atoms with E-state index in [1.54, 1.807) is 6.20 Å². The monoisotopic (exact) mass is 246 g/mol. The molecule has 0 amide bonds. The van der Waals surface area contributed by atoms with Gasteiger partial charge in [-0.15, -0.1) is 0 Å². The molecule has 0 radical (unpaired) electrons. The van der Waals surface area contributed by atoms with E-state index >= 15 is 0 Å². The summed E-state index contributed by atoms with van der Waals surface area (Å²) >= 11 is 3.15. The zero-order valence-electron chi connectivity index (χ0n) is 7.64. The highest BCUT2D eigenvalue weighted by Gasteiger charge is 2.03. The van der Waals surface area contributed by atoms with E-state index in [1.807, 2.05) is 0 Å². The highest BCUT2D eigenvalue weighted by atomic mass is 79.9. The second-order valence-electron chi connectivity index (χ2n) is 3.26. The molecule has 0 fully saturated rings. The van der Waals surface area contributed by atoms with Crippen LogP contribution in [-0.4, -0.2) is 11.5 Å². The van der Waals surface area contributed by atoms with Crippen LogP contribution in [0.5, 0.6) is 0 Å². The van der Waals surface area contributed by atoms with Crippen LogP contribution in [0.15, 0.2) is 16.7 Å². The van der Waals surface area contributed by atoms with Gasteiger partial charge in [-0.25, -0.2) is 9.37 Å². The minimum Gasteiger partial charge on any atom is -0.367 e. The van der Waals surface area contributed by atoms with Crippen molar-refractivity contribution in [2.24, 2.45) is 5.92 Å². The summed E-state index contributed by atoms with van der Waals surface area (Å²) in [5.74, 6) is 0.469. The molecule has 0 spiro atoms. The molecule has 1 N–H and O–H groups in total. The zero-order chi connectivity index (χ0) is 9.84. The molecule has 1 rings (SSSR count). The SMILES string of the molecule is CC(C)CNc1ncc(Br)cc1F. The number of hydrogen-bond donors (Lipinski definition) is 1. The maximum absolute atomic E-state index is 13.1. The minimum atomic E-state index is -0.324. The van der Waals surface area contributed by atoms with Crippen LogP contribution in [0.1, 0.15) is 13.8 Å². The van der Waals surface area contributed by atoms with Crippen LogP contribution in [0.25, 0.3) is 0 Å². The smallest absolute Gasteiger partial charge is 0.166 e. The lowest BCUT2D eigenvalue weighted by molar-refractivity contribution is 0.616. The Balaban J connectivity index is 2.67. The predicted molar refractivity (Wildman–Crippen MR) is 55.2 cm³/mol. The van der Waals surface area contributed by atoms with Crippen LogP contribution >= 0.6 is 15.9 Å². The average Bonchev–Trinajstić information content (AvgIpc) is 2.02.